The van der Waals surface area contributed by atoms with Gasteiger partial charge in [-0.1, -0.05) is 6.92 Å². The smallest absolute Gasteiger partial charge is 0.225 e. The zero-order chi connectivity index (χ0) is 15.7. The third-order valence-electron chi connectivity index (χ3n) is 4.34. The number of carbonyl (C=O) groups is 2. The van der Waals surface area contributed by atoms with E-state index in [9.17, 15) is 9.59 Å². The number of rotatable bonds is 6. The maximum atomic E-state index is 12.3. The molecule has 1 atom stereocenters. The van der Waals surface area contributed by atoms with Crippen LogP contribution in [0.1, 0.15) is 48.2 Å². The fourth-order valence-electron chi connectivity index (χ4n) is 2.93. The zero-order valence-electron chi connectivity index (χ0n) is 13.2. The molecule has 1 aromatic heterocycles. The van der Waals surface area contributed by atoms with Crippen molar-refractivity contribution in [1.82, 2.24) is 15.2 Å². The highest BCUT2D eigenvalue weighted by molar-refractivity contribution is 7.11. The van der Waals surface area contributed by atoms with Gasteiger partial charge >= 0.3 is 0 Å². The lowest BCUT2D eigenvalue weighted by atomic mass is 10.1. The molecule has 0 aromatic carbocycles. The van der Waals surface area contributed by atoms with E-state index in [2.05, 4.69) is 17.2 Å². The van der Waals surface area contributed by atoms with E-state index in [0.717, 1.165) is 41.3 Å². The van der Waals surface area contributed by atoms with Gasteiger partial charge in [-0.2, -0.15) is 0 Å². The molecule has 1 unspecified atom stereocenters. The molecule has 2 amide bonds. The van der Waals surface area contributed by atoms with Crippen molar-refractivity contribution in [3.63, 3.8) is 0 Å². The molecule has 1 saturated heterocycles. The first-order valence-electron chi connectivity index (χ1n) is 8.10. The van der Waals surface area contributed by atoms with E-state index in [4.69, 9.17) is 0 Å². The second-order valence-electron chi connectivity index (χ2n) is 6.26. The van der Waals surface area contributed by atoms with Crippen LogP contribution < -0.4 is 5.32 Å². The quantitative estimate of drug-likeness (QED) is 0.872. The molecule has 1 aliphatic heterocycles. The molecular weight excluding hydrogens is 298 g/mol. The fourth-order valence-corrected chi connectivity index (χ4v) is 4.04. The van der Waals surface area contributed by atoms with Gasteiger partial charge < -0.3 is 10.2 Å². The molecule has 120 valence electrons. The number of aryl methyl sites for hydroxylation is 2. The minimum atomic E-state index is -0.184. The van der Waals surface area contributed by atoms with Crippen LogP contribution in [0, 0.1) is 12.8 Å². The van der Waals surface area contributed by atoms with Crippen molar-refractivity contribution in [1.29, 1.82) is 0 Å². The highest BCUT2D eigenvalue weighted by Crippen LogP contribution is 2.32. The molecule has 6 heteroatoms. The predicted octanol–water partition coefficient (Wildman–Crippen LogP) is 2.03. The van der Waals surface area contributed by atoms with Crippen LogP contribution >= 0.6 is 11.3 Å². The van der Waals surface area contributed by atoms with Crippen LogP contribution in [0.2, 0.25) is 0 Å². The van der Waals surface area contributed by atoms with Crippen LogP contribution in [0.5, 0.6) is 0 Å². The summed E-state index contributed by atoms with van der Waals surface area (Å²) in [7, 11) is 0. The maximum absolute atomic E-state index is 12.3. The third-order valence-corrected chi connectivity index (χ3v) is 5.56. The summed E-state index contributed by atoms with van der Waals surface area (Å²) < 4.78 is 0. The lowest BCUT2D eigenvalue weighted by molar-refractivity contribution is -0.129. The van der Waals surface area contributed by atoms with Crippen LogP contribution in [0.3, 0.4) is 0 Å². The summed E-state index contributed by atoms with van der Waals surface area (Å²) >= 11 is 1.68. The summed E-state index contributed by atoms with van der Waals surface area (Å²) in [6, 6.07) is 0.408. The SMILES string of the molecule is CCCc1nc(C)c(CNC(=O)C2CC(=O)N(C3CC3)C2)s1. The van der Waals surface area contributed by atoms with E-state index in [1.165, 1.54) is 0 Å². The van der Waals surface area contributed by atoms with Crippen LogP contribution in [0.25, 0.3) is 0 Å². The molecule has 22 heavy (non-hydrogen) atoms. The first-order chi connectivity index (χ1) is 10.6. The minimum Gasteiger partial charge on any atom is -0.351 e. The van der Waals surface area contributed by atoms with Crippen molar-refractivity contribution >= 4 is 23.2 Å². The van der Waals surface area contributed by atoms with Crippen molar-refractivity contribution in [3.8, 4) is 0 Å². The number of hydrogen-bond acceptors (Lipinski definition) is 4. The first kappa shape index (κ1) is 15.5. The molecule has 1 aliphatic carbocycles. The maximum Gasteiger partial charge on any atom is 0.225 e. The lowest BCUT2D eigenvalue weighted by Crippen LogP contribution is -2.33. The van der Waals surface area contributed by atoms with Crippen molar-refractivity contribution in [2.75, 3.05) is 6.54 Å². The predicted molar refractivity (Wildman–Crippen MR) is 85.5 cm³/mol. The molecule has 1 N–H and O–H groups in total. The summed E-state index contributed by atoms with van der Waals surface area (Å²) in [6.07, 6.45) is 4.64. The Labute approximate surface area is 135 Å². The summed E-state index contributed by atoms with van der Waals surface area (Å²) in [6.45, 7) is 5.25. The average molecular weight is 321 g/mol. The monoisotopic (exact) mass is 321 g/mol. The van der Waals surface area contributed by atoms with E-state index in [0.29, 0.717) is 25.6 Å². The van der Waals surface area contributed by atoms with Gasteiger partial charge in [0.1, 0.15) is 0 Å². The molecule has 2 fully saturated rings. The number of nitrogens with zero attached hydrogens (tertiary/aromatic N) is 2. The number of hydrogen-bond donors (Lipinski definition) is 1. The number of thiazole rings is 1. The van der Waals surface area contributed by atoms with E-state index < -0.39 is 0 Å². The third kappa shape index (κ3) is 3.32. The van der Waals surface area contributed by atoms with Gasteiger partial charge in [0.05, 0.1) is 23.2 Å². The molecule has 0 bridgehead atoms. The average Bonchev–Trinajstić information content (AvgIpc) is 3.16. The second kappa shape index (κ2) is 6.36. The largest absolute Gasteiger partial charge is 0.351 e. The Morgan fingerprint density at radius 1 is 1.45 bits per heavy atom. The topological polar surface area (TPSA) is 62.3 Å². The highest BCUT2D eigenvalue weighted by atomic mass is 32.1. The summed E-state index contributed by atoms with van der Waals surface area (Å²) in [5, 5.41) is 4.13. The molecule has 0 radical (unpaired) electrons. The fraction of sp³-hybridized carbons (Fsp3) is 0.688. The van der Waals surface area contributed by atoms with Crippen molar-refractivity contribution in [3.05, 3.63) is 15.6 Å². The number of carbonyl (C=O) groups excluding carboxylic acids is 2. The van der Waals surface area contributed by atoms with Gasteiger partial charge in [-0.15, -0.1) is 11.3 Å². The van der Waals surface area contributed by atoms with E-state index >= 15 is 0 Å². The van der Waals surface area contributed by atoms with E-state index in [1.54, 1.807) is 11.3 Å². The summed E-state index contributed by atoms with van der Waals surface area (Å²) in [5.74, 6) is -0.0420. The lowest BCUT2D eigenvalue weighted by Gasteiger charge is -2.15. The van der Waals surface area contributed by atoms with Crippen LogP contribution in [0.4, 0.5) is 0 Å². The van der Waals surface area contributed by atoms with Crippen molar-refractivity contribution in [2.24, 2.45) is 5.92 Å². The van der Waals surface area contributed by atoms with Gasteiger partial charge in [-0.05, 0) is 32.6 Å². The van der Waals surface area contributed by atoms with Gasteiger partial charge in [0.2, 0.25) is 11.8 Å². The van der Waals surface area contributed by atoms with Crippen LogP contribution in [-0.2, 0) is 22.6 Å². The van der Waals surface area contributed by atoms with Gasteiger partial charge in [-0.25, -0.2) is 4.98 Å². The minimum absolute atomic E-state index is 0.00124. The Balaban J connectivity index is 1.53. The van der Waals surface area contributed by atoms with Crippen LogP contribution in [-0.4, -0.2) is 34.3 Å². The number of likely N-dealkylation sites (tertiary alicyclic amines) is 1. The van der Waals surface area contributed by atoms with E-state index in [1.807, 2.05) is 11.8 Å². The van der Waals surface area contributed by atoms with Gasteiger partial charge in [0.15, 0.2) is 0 Å². The molecular formula is C16H23N3O2S. The molecule has 1 saturated carbocycles. The number of aromatic nitrogens is 1. The molecule has 3 rings (SSSR count). The van der Waals surface area contributed by atoms with Gasteiger partial charge in [-0.3, -0.25) is 9.59 Å². The summed E-state index contributed by atoms with van der Waals surface area (Å²) in [4.78, 5) is 31.8. The first-order valence-corrected chi connectivity index (χ1v) is 8.92. The van der Waals surface area contributed by atoms with E-state index in [-0.39, 0.29) is 17.7 Å². The molecule has 0 spiro atoms. The zero-order valence-corrected chi connectivity index (χ0v) is 14.0. The standard InChI is InChI=1S/C16H23N3O2S/c1-3-4-14-18-10(2)13(22-14)8-17-16(21)11-7-15(20)19(9-11)12-5-6-12/h11-12H,3-9H2,1-2H3,(H,17,21). The molecule has 2 aliphatic rings. The highest BCUT2D eigenvalue weighted by Gasteiger charge is 2.41. The Morgan fingerprint density at radius 3 is 2.91 bits per heavy atom. The van der Waals surface area contributed by atoms with Crippen molar-refractivity contribution in [2.45, 2.75) is 58.5 Å². The van der Waals surface area contributed by atoms with Crippen LogP contribution in [0.15, 0.2) is 0 Å². The Hall–Kier alpha value is -1.43. The Bertz CT molecular complexity index is 580. The van der Waals surface area contributed by atoms with Gasteiger partial charge in [0, 0.05) is 23.9 Å². The Kier molecular flexibility index (Phi) is 4.47. The molecule has 1 aromatic rings. The number of nitrogens with one attached hydrogen (secondary N) is 1. The normalized spacial score (nSPS) is 21.5. The van der Waals surface area contributed by atoms with Crippen molar-refractivity contribution < 1.29 is 9.59 Å². The number of amides is 2. The second-order valence-corrected chi connectivity index (χ2v) is 7.43. The Morgan fingerprint density at radius 2 is 2.23 bits per heavy atom. The molecule has 2 heterocycles. The molecule has 5 nitrogen and oxygen atoms in total. The summed E-state index contributed by atoms with van der Waals surface area (Å²) in [5.41, 5.74) is 1.01. The van der Waals surface area contributed by atoms with Gasteiger partial charge in [0.25, 0.3) is 0 Å².